The van der Waals surface area contributed by atoms with Crippen molar-refractivity contribution in [3.05, 3.63) is 35.1 Å². The van der Waals surface area contributed by atoms with Crippen molar-refractivity contribution in [2.75, 3.05) is 13.1 Å². The fourth-order valence-electron chi connectivity index (χ4n) is 2.53. The van der Waals surface area contributed by atoms with Gasteiger partial charge in [-0.3, -0.25) is 0 Å². The maximum absolute atomic E-state index is 13.9. The predicted molar refractivity (Wildman–Crippen MR) is 85.8 cm³/mol. The molecular formula is C18H30FN. The van der Waals surface area contributed by atoms with Crippen molar-refractivity contribution in [1.82, 2.24) is 5.32 Å². The van der Waals surface area contributed by atoms with Gasteiger partial charge in [-0.05, 0) is 48.4 Å². The molecule has 1 rings (SSSR count). The summed E-state index contributed by atoms with van der Waals surface area (Å²) < 4.78 is 13.9. The normalized spacial score (nSPS) is 14.2. The summed E-state index contributed by atoms with van der Waals surface area (Å²) in [5, 5.41) is 3.52. The van der Waals surface area contributed by atoms with Gasteiger partial charge in [-0.25, -0.2) is 4.39 Å². The molecule has 20 heavy (non-hydrogen) atoms. The van der Waals surface area contributed by atoms with E-state index in [1.165, 1.54) is 18.4 Å². The van der Waals surface area contributed by atoms with Crippen LogP contribution < -0.4 is 5.32 Å². The van der Waals surface area contributed by atoms with Crippen molar-refractivity contribution in [2.24, 2.45) is 5.92 Å². The van der Waals surface area contributed by atoms with Gasteiger partial charge in [-0.2, -0.15) is 0 Å². The topological polar surface area (TPSA) is 12.0 Å². The molecule has 0 aromatic heterocycles. The second-order valence-corrected chi connectivity index (χ2v) is 5.96. The van der Waals surface area contributed by atoms with Gasteiger partial charge in [0.1, 0.15) is 5.82 Å². The van der Waals surface area contributed by atoms with E-state index in [0.29, 0.717) is 5.92 Å². The lowest BCUT2D eigenvalue weighted by Crippen LogP contribution is -2.23. The maximum atomic E-state index is 13.9. The quantitative estimate of drug-likeness (QED) is 0.633. The Hall–Kier alpha value is -0.890. The van der Waals surface area contributed by atoms with Gasteiger partial charge in [0.15, 0.2) is 0 Å². The summed E-state index contributed by atoms with van der Waals surface area (Å²) in [6.07, 6.45) is 4.28. The van der Waals surface area contributed by atoms with Crippen LogP contribution in [0.15, 0.2) is 18.2 Å². The standard InChI is InChI=1S/C18H30FN/c1-5-8-17-16(9-7-10-18(17)19)15(4)13-20-12-11-14(3)6-2/h7,9-10,14-15,20H,5-6,8,11-13H2,1-4H3. The molecule has 114 valence electrons. The highest BCUT2D eigenvalue weighted by molar-refractivity contribution is 5.31. The molecule has 0 fully saturated rings. The van der Waals surface area contributed by atoms with Crippen LogP contribution in [0, 0.1) is 11.7 Å². The van der Waals surface area contributed by atoms with Crippen LogP contribution in [0.2, 0.25) is 0 Å². The van der Waals surface area contributed by atoms with E-state index < -0.39 is 0 Å². The first-order valence-corrected chi connectivity index (χ1v) is 8.08. The molecular weight excluding hydrogens is 249 g/mol. The lowest BCUT2D eigenvalue weighted by atomic mass is 9.92. The number of hydrogen-bond donors (Lipinski definition) is 1. The third-order valence-corrected chi connectivity index (χ3v) is 4.15. The molecule has 2 unspecified atom stereocenters. The highest BCUT2D eigenvalue weighted by atomic mass is 19.1. The summed E-state index contributed by atoms with van der Waals surface area (Å²) in [6, 6.07) is 5.49. The molecule has 0 bridgehead atoms. The molecule has 0 saturated heterocycles. The summed E-state index contributed by atoms with van der Waals surface area (Å²) in [5.41, 5.74) is 2.08. The number of hydrogen-bond acceptors (Lipinski definition) is 1. The molecule has 1 aromatic rings. The molecule has 0 aliphatic rings. The summed E-state index contributed by atoms with van der Waals surface area (Å²) in [5.74, 6) is 1.10. The summed E-state index contributed by atoms with van der Waals surface area (Å²) in [4.78, 5) is 0. The average molecular weight is 279 g/mol. The number of nitrogens with one attached hydrogen (secondary N) is 1. The van der Waals surface area contributed by atoms with Crippen LogP contribution >= 0.6 is 0 Å². The zero-order chi connectivity index (χ0) is 15.0. The highest BCUT2D eigenvalue weighted by Crippen LogP contribution is 2.23. The number of rotatable bonds is 9. The van der Waals surface area contributed by atoms with E-state index in [9.17, 15) is 4.39 Å². The van der Waals surface area contributed by atoms with Gasteiger partial charge in [-0.1, -0.05) is 52.7 Å². The molecule has 2 atom stereocenters. The van der Waals surface area contributed by atoms with E-state index in [2.05, 4.69) is 39.1 Å². The zero-order valence-corrected chi connectivity index (χ0v) is 13.5. The van der Waals surface area contributed by atoms with E-state index >= 15 is 0 Å². The molecule has 1 nitrogen and oxygen atoms in total. The predicted octanol–water partition coefficient (Wildman–Crippen LogP) is 4.91. The molecule has 1 N–H and O–H groups in total. The molecule has 2 heteroatoms. The summed E-state index contributed by atoms with van der Waals surface area (Å²) >= 11 is 0. The lowest BCUT2D eigenvalue weighted by molar-refractivity contribution is 0.479. The Morgan fingerprint density at radius 2 is 1.95 bits per heavy atom. The van der Waals surface area contributed by atoms with Crippen LogP contribution in [0.4, 0.5) is 4.39 Å². The third kappa shape index (κ3) is 5.24. The van der Waals surface area contributed by atoms with Crippen LogP contribution in [0.1, 0.15) is 64.0 Å². The van der Waals surface area contributed by atoms with Crippen molar-refractivity contribution >= 4 is 0 Å². The van der Waals surface area contributed by atoms with Crippen molar-refractivity contribution in [3.8, 4) is 0 Å². The minimum atomic E-state index is -0.0456. The molecule has 0 heterocycles. The molecule has 0 amide bonds. The average Bonchev–Trinajstić information content (AvgIpc) is 2.45. The first kappa shape index (κ1) is 17.2. The Bertz CT molecular complexity index is 389. The molecule has 1 aromatic carbocycles. The number of halogens is 1. The minimum Gasteiger partial charge on any atom is -0.316 e. The Kier molecular flexibility index (Phi) is 7.83. The monoisotopic (exact) mass is 279 g/mol. The van der Waals surface area contributed by atoms with E-state index in [4.69, 9.17) is 0 Å². The first-order valence-electron chi connectivity index (χ1n) is 8.08. The van der Waals surface area contributed by atoms with Gasteiger partial charge >= 0.3 is 0 Å². The van der Waals surface area contributed by atoms with Crippen LogP contribution in [0.5, 0.6) is 0 Å². The van der Waals surface area contributed by atoms with Gasteiger partial charge in [0.25, 0.3) is 0 Å². The fraction of sp³-hybridized carbons (Fsp3) is 0.667. The molecule has 0 aliphatic heterocycles. The van der Waals surface area contributed by atoms with Gasteiger partial charge < -0.3 is 5.32 Å². The van der Waals surface area contributed by atoms with Crippen LogP contribution in [0.3, 0.4) is 0 Å². The van der Waals surface area contributed by atoms with Gasteiger partial charge in [-0.15, -0.1) is 0 Å². The summed E-state index contributed by atoms with van der Waals surface area (Å²) in [7, 11) is 0. The van der Waals surface area contributed by atoms with Gasteiger partial charge in [0, 0.05) is 6.54 Å². The van der Waals surface area contributed by atoms with E-state index in [1.54, 1.807) is 6.07 Å². The smallest absolute Gasteiger partial charge is 0.126 e. The van der Waals surface area contributed by atoms with E-state index in [0.717, 1.165) is 37.4 Å². The van der Waals surface area contributed by atoms with Crippen molar-refractivity contribution < 1.29 is 4.39 Å². The van der Waals surface area contributed by atoms with Gasteiger partial charge in [0.2, 0.25) is 0 Å². The lowest BCUT2D eigenvalue weighted by Gasteiger charge is -2.18. The zero-order valence-electron chi connectivity index (χ0n) is 13.5. The molecule has 0 saturated carbocycles. The molecule has 0 radical (unpaired) electrons. The fourth-order valence-corrected chi connectivity index (χ4v) is 2.53. The van der Waals surface area contributed by atoms with E-state index in [-0.39, 0.29) is 5.82 Å². The van der Waals surface area contributed by atoms with Crippen molar-refractivity contribution in [2.45, 2.75) is 59.3 Å². The van der Waals surface area contributed by atoms with E-state index in [1.807, 2.05) is 6.07 Å². The Labute approximate surface area is 124 Å². The molecule has 0 spiro atoms. The Balaban J connectivity index is 2.54. The molecule has 0 aliphatic carbocycles. The summed E-state index contributed by atoms with van der Waals surface area (Å²) in [6.45, 7) is 10.8. The highest BCUT2D eigenvalue weighted by Gasteiger charge is 2.13. The second-order valence-electron chi connectivity index (χ2n) is 5.96. The maximum Gasteiger partial charge on any atom is 0.126 e. The first-order chi connectivity index (χ1) is 9.60. The minimum absolute atomic E-state index is 0.0456. The van der Waals surface area contributed by atoms with Crippen molar-refractivity contribution in [3.63, 3.8) is 0 Å². The van der Waals surface area contributed by atoms with Crippen LogP contribution in [-0.4, -0.2) is 13.1 Å². The third-order valence-electron chi connectivity index (χ3n) is 4.15. The van der Waals surface area contributed by atoms with Crippen molar-refractivity contribution in [1.29, 1.82) is 0 Å². The Morgan fingerprint density at radius 3 is 2.60 bits per heavy atom. The number of benzene rings is 1. The second kappa shape index (κ2) is 9.12. The van der Waals surface area contributed by atoms with Crippen LogP contribution in [0.25, 0.3) is 0 Å². The van der Waals surface area contributed by atoms with Crippen LogP contribution in [-0.2, 0) is 6.42 Å². The SMILES string of the molecule is CCCc1c(F)cccc1C(C)CNCCC(C)CC. The largest absolute Gasteiger partial charge is 0.316 e. The Morgan fingerprint density at radius 1 is 1.20 bits per heavy atom. The van der Waals surface area contributed by atoms with Gasteiger partial charge in [0.05, 0.1) is 0 Å².